The molecule has 1 aromatic heterocycles. The van der Waals surface area contributed by atoms with Crippen LogP contribution < -0.4 is 5.32 Å². The molecule has 0 unspecified atom stereocenters. The second-order valence-electron chi connectivity index (χ2n) is 6.69. The number of para-hydroxylation sites is 1. The Balaban J connectivity index is 1.78. The third-order valence-electron chi connectivity index (χ3n) is 4.51. The quantitative estimate of drug-likeness (QED) is 0.564. The predicted octanol–water partition coefficient (Wildman–Crippen LogP) is 3.04. The number of nitrogens with zero attached hydrogens (tertiary/aromatic N) is 4. The van der Waals surface area contributed by atoms with Crippen LogP contribution in [0.25, 0.3) is 16.9 Å². The van der Waals surface area contributed by atoms with Crippen LogP contribution in [0.5, 0.6) is 0 Å². The number of hydrogen-bond acceptors (Lipinski definition) is 4. The van der Waals surface area contributed by atoms with Gasteiger partial charge in [-0.3, -0.25) is 10.1 Å². The molecule has 3 amide bonds. The molecular weight excluding hydrogens is 354 g/mol. The van der Waals surface area contributed by atoms with Gasteiger partial charge in [0, 0.05) is 17.3 Å². The van der Waals surface area contributed by atoms with E-state index in [1.54, 1.807) is 10.9 Å². The summed E-state index contributed by atoms with van der Waals surface area (Å²) in [4.78, 5) is 23.1. The number of nitrogens with one attached hydrogen (secondary N) is 1. The maximum atomic E-state index is 11.7. The molecule has 2 heterocycles. The Bertz CT molecular complexity index is 1090. The number of aromatic nitrogens is 2. The number of benzene rings is 2. The zero-order valence-corrected chi connectivity index (χ0v) is 15.6. The molecule has 4 rings (SSSR count). The Morgan fingerprint density at radius 3 is 2.57 bits per heavy atom. The van der Waals surface area contributed by atoms with E-state index in [9.17, 15) is 9.59 Å². The summed E-state index contributed by atoms with van der Waals surface area (Å²) in [6.45, 7) is 4.00. The average molecular weight is 373 g/mol. The fraction of sp³-hybridized carbons (Fsp3) is 0.143. The number of hydrazone groups is 1. The molecular formula is C21H19N5O2. The molecule has 0 bridgehead atoms. The summed E-state index contributed by atoms with van der Waals surface area (Å²) in [7, 11) is 0. The van der Waals surface area contributed by atoms with E-state index in [1.807, 2.05) is 62.5 Å². The largest absolute Gasteiger partial charge is 0.344 e. The van der Waals surface area contributed by atoms with E-state index in [4.69, 9.17) is 5.10 Å². The molecule has 3 aromatic rings. The van der Waals surface area contributed by atoms with Crippen molar-refractivity contribution in [1.82, 2.24) is 20.1 Å². The van der Waals surface area contributed by atoms with Crippen molar-refractivity contribution in [2.75, 3.05) is 6.54 Å². The van der Waals surface area contributed by atoms with Crippen LogP contribution in [0.2, 0.25) is 0 Å². The summed E-state index contributed by atoms with van der Waals surface area (Å²) in [5, 5.41) is 12.3. The van der Waals surface area contributed by atoms with E-state index in [2.05, 4.69) is 16.5 Å². The van der Waals surface area contributed by atoms with Gasteiger partial charge >= 0.3 is 6.03 Å². The molecule has 7 nitrogen and oxygen atoms in total. The molecule has 1 fully saturated rings. The molecule has 0 atom stereocenters. The second kappa shape index (κ2) is 7.11. The first-order valence-electron chi connectivity index (χ1n) is 8.89. The lowest BCUT2D eigenvalue weighted by molar-refractivity contribution is -0.118. The third kappa shape index (κ3) is 3.42. The summed E-state index contributed by atoms with van der Waals surface area (Å²) in [5.74, 6) is -0.364. The highest BCUT2D eigenvalue weighted by Gasteiger charge is 2.26. The van der Waals surface area contributed by atoms with Crippen molar-refractivity contribution in [3.05, 3.63) is 71.4 Å². The normalized spacial score (nSPS) is 14.1. The molecule has 0 saturated carbocycles. The molecule has 0 spiro atoms. The van der Waals surface area contributed by atoms with Gasteiger partial charge in [-0.1, -0.05) is 42.0 Å². The van der Waals surface area contributed by atoms with Crippen LogP contribution in [0.1, 0.15) is 16.7 Å². The highest BCUT2D eigenvalue weighted by molar-refractivity contribution is 6.02. The van der Waals surface area contributed by atoms with Gasteiger partial charge in [0.25, 0.3) is 0 Å². The van der Waals surface area contributed by atoms with Crippen LogP contribution in [0, 0.1) is 13.8 Å². The molecule has 2 aromatic carbocycles. The third-order valence-corrected chi connectivity index (χ3v) is 4.51. The maximum absolute atomic E-state index is 11.7. The van der Waals surface area contributed by atoms with Crippen LogP contribution in [0.4, 0.5) is 4.79 Å². The van der Waals surface area contributed by atoms with Crippen LogP contribution >= 0.6 is 0 Å². The van der Waals surface area contributed by atoms with E-state index >= 15 is 0 Å². The zero-order valence-electron chi connectivity index (χ0n) is 15.6. The fourth-order valence-electron chi connectivity index (χ4n) is 3.14. The van der Waals surface area contributed by atoms with Crippen molar-refractivity contribution in [2.45, 2.75) is 13.8 Å². The molecule has 1 saturated heterocycles. The number of imide groups is 1. The minimum Gasteiger partial charge on any atom is -0.275 e. The highest BCUT2D eigenvalue weighted by atomic mass is 16.2. The van der Waals surface area contributed by atoms with E-state index in [1.165, 1.54) is 5.56 Å². The number of urea groups is 1. The van der Waals surface area contributed by atoms with Crippen molar-refractivity contribution in [1.29, 1.82) is 0 Å². The number of aryl methyl sites for hydroxylation is 2. The van der Waals surface area contributed by atoms with Crippen LogP contribution in [0.3, 0.4) is 0 Å². The predicted molar refractivity (Wildman–Crippen MR) is 106 cm³/mol. The van der Waals surface area contributed by atoms with E-state index < -0.39 is 6.03 Å². The summed E-state index contributed by atoms with van der Waals surface area (Å²) < 4.78 is 1.78. The first-order chi connectivity index (χ1) is 13.5. The zero-order chi connectivity index (χ0) is 19.7. The van der Waals surface area contributed by atoms with E-state index in [0.717, 1.165) is 33.1 Å². The standard InChI is InChI=1S/C21H19N5O2/c1-14-8-9-18(15(2)10-14)20-16(11-22-26-13-19(27)23-21(26)28)12-25(24-20)17-6-4-3-5-7-17/h3-12H,13H2,1-2H3,(H,23,27,28)/b22-11-. The Labute approximate surface area is 162 Å². The molecule has 1 aliphatic heterocycles. The van der Waals surface area contributed by atoms with Gasteiger partial charge < -0.3 is 0 Å². The Morgan fingerprint density at radius 1 is 1.11 bits per heavy atom. The summed E-state index contributed by atoms with van der Waals surface area (Å²) >= 11 is 0. The summed E-state index contributed by atoms with van der Waals surface area (Å²) in [5.41, 5.74) is 5.69. The number of rotatable bonds is 4. The number of carbonyl (C=O) groups is 2. The molecule has 28 heavy (non-hydrogen) atoms. The first kappa shape index (κ1) is 17.7. The first-order valence-corrected chi connectivity index (χ1v) is 8.89. The monoisotopic (exact) mass is 373 g/mol. The molecule has 1 N–H and O–H groups in total. The Kier molecular flexibility index (Phi) is 4.49. The SMILES string of the molecule is Cc1ccc(-c2nn(-c3ccccc3)cc2/C=N\N2CC(=O)NC2=O)c(C)c1. The maximum Gasteiger partial charge on any atom is 0.344 e. The van der Waals surface area contributed by atoms with Crippen molar-refractivity contribution in [3.8, 4) is 16.9 Å². The van der Waals surface area contributed by atoms with Gasteiger partial charge in [0.1, 0.15) is 12.2 Å². The Morgan fingerprint density at radius 2 is 1.89 bits per heavy atom. The Hall–Kier alpha value is -3.74. The molecule has 7 heteroatoms. The van der Waals surface area contributed by atoms with E-state index in [-0.39, 0.29) is 12.5 Å². The number of carbonyl (C=O) groups excluding carboxylic acids is 2. The highest BCUT2D eigenvalue weighted by Crippen LogP contribution is 2.26. The topological polar surface area (TPSA) is 79.6 Å². The van der Waals surface area contributed by atoms with Gasteiger partial charge in [0.15, 0.2) is 0 Å². The van der Waals surface area contributed by atoms with Crippen molar-refractivity contribution in [3.63, 3.8) is 0 Å². The molecule has 1 aliphatic rings. The van der Waals surface area contributed by atoms with Gasteiger partial charge in [-0.25, -0.2) is 14.5 Å². The summed E-state index contributed by atoms with van der Waals surface area (Å²) in [6.07, 6.45) is 3.43. The number of amides is 3. The van der Waals surface area contributed by atoms with Gasteiger partial charge in [-0.15, -0.1) is 0 Å². The van der Waals surface area contributed by atoms with Crippen molar-refractivity contribution in [2.24, 2.45) is 5.10 Å². The van der Waals surface area contributed by atoms with Crippen LogP contribution in [-0.2, 0) is 4.79 Å². The van der Waals surface area contributed by atoms with Gasteiger partial charge in [0.2, 0.25) is 5.91 Å². The lowest BCUT2D eigenvalue weighted by Crippen LogP contribution is -2.24. The lowest BCUT2D eigenvalue weighted by atomic mass is 10.0. The van der Waals surface area contributed by atoms with Gasteiger partial charge in [-0.2, -0.15) is 10.2 Å². The smallest absolute Gasteiger partial charge is 0.275 e. The summed E-state index contributed by atoms with van der Waals surface area (Å²) in [6, 6.07) is 15.4. The molecule has 0 radical (unpaired) electrons. The minimum absolute atomic E-state index is 0.0823. The average Bonchev–Trinajstić information content (AvgIpc) is 3.23. The van der Waals surface area contributed by atoms with Gasteiger partial charge in [0.05, 0.1) is 11.9 Å². The van der Waals surface area contributed by atoms with E-state index in [0.29, 0.717) is 0 Å². The number of hydrogen-bond donors (Lipinski definition) is 1. The van der Waals surface area contributed by atoms with Crippen molar-refractivity contribution < 1.29 is 9.59 Å². The van der Waals surface area contributed by atoms with Crippen LogP contribution in [0.15, 0.2) is 59.8 Å². The lowest BCUT2D eigenvalue weighted by Gasteiger charge is -2.06. The second-order valence-corrected chi connectivity index (χ2v) is 6.69. The van der Waals surface area contributed by atoms with Crippen LogP contribution in [-0.4, -0.2) is 39.5 Å². The van der Waals surface area contributed by atoms with Gasteiger partial charge in [-0.05, 0) is 31.5 Å². The van der Waals surface area contributed by atoms with Crippen molar-refractivity contribution >= 4 is 18.2 Å². The fourth-order valence-corrected chi connectivity index (χ4v) is 3.14. The molecule has 140 valence electrons. The minimum atomic E-state index is -0.523. The molecule has 0 aliphatic carbocycles.